The maximum absolute atomic E-state index is 13.9. The van der Waals surface area contributed by atoms with Crippen LogP contribution in [0.1, 0.15) is 11.1 Å². The lowest BCUT2D eigenvalue weighted by atomic mass is 10.1. The highest BCUT2D eigenvalue weighted by atomic mass is 35.5. The van der Waals surface area contributed by atoms with Gasteiger partial charge in [-0.15, -0.1) is 0 Å². The fraction of sp³-hybridized carbons (Fsp3) is 0.0833. The quantitative estimate of drug-likeness (QED) is 0.362. The summed E-state index contributed by atoms with van der Waals surface area (Å²) in [7, 11) is 1.77. The minimum atomic E-state index is -0.886. The highest BCUT2D eigenvalue weighted by Gasteiger charge is 2.18. The molecular formula is C24H15Cl2FN8O2. The third-order valence-corrected chi connectivity index (χ3v) is 5.98. The van der Waals surface area contributed by atoms with E-state index in [1.165, 1.54) is 35.2 Å². The van der Waals surface area contributed by atoms with E-state index in [4.69, 9.17) is 23.2 Å². The van der Waals surface area contributed by atoms with Gasteiger partial charge in [-0.1, -0.05) is 29.3 Å². The highest BCUT2D eigenvalue weighted by Crippen LogP contribution is 2.29. The Bertz CT molecular complexity index is 1860. The first kappa shape index (κ1) is 24.2. The van der Waals surface area contributed by atoms with Crippen molar-refractivity contribution >= 4 is 45.7 Å². The molecule has 3 heterocycles. The number of anilines is 2. The van der Waals surface area contributed by atoms with Gasteiger partial charge in [-0.3, -0.25) is 14.2 Å². The van der Waals surface area contributed by atoms with E-state index >= 15 is 0 Å². The van der Waals surface area contributed by atoms with Gasteiger partial charge in [0.05, 0.1) is 45.2 Å². The van der Waals surface area contributed by atoms with E-state index in [0.717, 1.165) is 16.0 Å². The first-order valence-electron chi connectivity index (χ1n) is 10.7. The van der Waals surface area contributed by atoms with Gasteiger partial charge >= 0.3 is 11.4 Å². The summed E-state index contributed by atoms with van der Waals surface area (Å²) in [4.78, 5) is 34.7. The number of benzene rings is 2. The zero-order chi connectivity index (χ0) is 26.3. The lowest BCUT2D eigenvalue weighted by Gasteiger charge is -2.16. The van der Waals surface area contributed by atoms with Crippen LogP contribution in [-0.4, -0.2) is 28.9 Å². The monoisotopic (exact) mass is 536 g/mol. The number of nitrogens with zero attached hydrogens (tertiary/aromatic N) is 7. The van der Waals surface area contributed by atoms with Gasteiger partial charge in [0, 0.05) is 24.8 Å². The van der Waals surface area contributed by atoms with E-state index in [0.29, 0.717) is 16.8 Å². The van der Waals surface area contributed by atoms with Gasteiger partial charge in [0.15, 0.2) is 0 Å². The topological polar surface area (TPSA) is 123 Å². The number of halogens is 3. The van der Waals surface area contributed by atoms with Crippen molar-refractivity contribution in [2.24, 2.45) is 7.05 Å². The lowest BCUT2D eigenvalue weighted by molar-refractivity contribution is 0.620. The second-order valence-electron chi connectivity index (χ2n) is 8.03. The predicted molar refractivity (Wildman–Crippen MR) is 136 cm³/mol. The summed E-state index contributed by atoms with van der Waals surface area (Å²) in [6.45, 7) is -0.149. The Morgan fingerprint density at radius 2 is 1.95 bits per heavy atom. The van der Waals surface area contributed by atoms with Crippen LogP contribution in [0.2, 0.25) is 10.0 Å². The van der Waals surface area contributed by atoms with E-state index in [1.54, 1.807) is 36.1 Å². The average molecular weight is 537 g/mol. The minimum absolute atomic E-state index is 0.113. The maximum Gasteiger partial charge on any atom is 0.359 e. The van der Waals surface area contributed by atoms with Crippen molar-refractivity contribution in [3.05, 3.63) is 103 Å². The van der Waals surface area contributed by atoms with Crippen LogP contribution in [0.25, 0.3) is 16.6 Å². The highest BCUT2D eigenvalue weighted by molar-refractivity contribution is 6.34. The molecule has 0 unspecified atom stereocenters. The Balaban J connectivity index is 1.69. The van der Waals surface area contributed by atoms with Gasteiger partial charge in [-0.25, -0.2) is 18.5 Å². The molecule has 10 nitrogen and oxygen atoms in total. The predicted octanol–water partition coefficient (Wildman–Crippen LogP) is 3.79. The molecule has 0 aliphatic rings. The summed E-state index contributed by atoms with van der Waals surface area (Å²) >= 11 is 12.5. The molecule has 5 rings (SSSR count). The molecule has 0 radical (unpaired) electrons. The first-order valence-corrected chi connectivity index (χ1v) is 11.4. The van der Waals surface area contributed by atoms with Crippen LogP contribution in [0, 0.1) is 17.1 Å². The van der Waals surface area contributed by atoms with Gasteiger partial charge in [0.1, 0.15) is 11.9 Å². The molecule has 0 saturated heterocycles. The fourth-order valence-corrected chi connectivity index (χ4v) is 4.17. The van der Waals surface area contributed by atoms with E-state index in [1.807, 2.05) is 0 Å². The maximum atomic E-state index is 13.9. The molecule has 0 aliphatic heterocycles. The number of aromatic nitrogens is 6. The molecule has 184 valence electrons. The summed E-state index contributed by atoms with van der Waals surface area (Å²) in [5.74, 6) is -0.809. The van der Waals surface area contributed by atoms with Crippen LogP contribution in [0.3, 0.4) is 0 Å². The molecule has 13 heteroatoms. The van der Waals surface area contributed by atoms with Gasteiger partial charge < -0.3 is 5.32 Å². The van der Waals surface area contributed by atoms with Crippen LogP contribution >= 0.6 is 23.2 Å². The Labute approximate surface area is 217 Å². The number of hydrogen-bond acceptors (Lipinski definition) is 7. The summed E-state index contributed by atoms with van der Waals surface area (Å²) in [5.41, 5.74) is -0.277. The van der Waals surface area contributed by atoms with Crippen LogP contribution in [0.5, 0.6) is 0 Å². The summed E-state index contributed by atoms with van der Waals surface area (Å²) in [6.07, 6.45) is 4.44. The van der Waals surface area contributed by atoms with E-state index in [2.05, 4.69) is 20.4 Å². The number of nitrogens with one attached hydrogen (secondary N) is 1. The first-order chi connectivity index (χ1) is 17.7. The molecule has 0 atom stereocenters. The van der Waals surface area contributed by atoms with Crippen molar-refractivity contribution < 1.29 is 4.39 Å². The third kappa shape index (κ3) is 4.67. The van der Waals surface area contributed by atoms with Gasteiger partial charge in [-0.2, -0.15) is 15.3 Å². The molecule has 2 aromatic carbocycles. The van der Waals surface area contributed by atoms with E-state index in [-0.39, 0.29) is 33.8 Å². The third-order valence-electron chi connectivity index (χ3n) is 5.47. The zero-order valence-corrected chi connectivity index (χ0v) is 20.5. The second-order valence-corrected chi connectivity index (χ2v) is 8.87. The molecule has 0 bridgehead atoms. The van der Waals surface area contributed by atoms with Crippen LogP contribution in [0.15, 0.2) is 64.6 Å². The number of rotatable bonds is 5. The van der Waals surface area contributed by atoms with Crippen LogP contribution < -0.4 is 16.7 Å². The Kier molecular flexibility index (Phi) is 6.20. The molecule has 0 aliphatic carbocycles. The molecule has 3 aromatic heterocycles. The van der Waals surface area contributed by atoms with Crippen molar-refractivity contribution in [2.45, 2.75) is 6.54 Å². The summed E-state index contributed by atoms with van der Waals surface area (Å²) in [6, 6.07) is 10.4. The Morgan fingerprint density at radius 1 is 1.14 bits per heavy atom. The fourth-order valence-electron chi connectivity index (χ4n) is 3.80. The number of nitriles is 1. The van der Waals surface area contributed by atoms with Gasteiger partial charge in [0.2, 0.25) is 5.95 Å². The van der Waals surface area contributed by atoms with Crippen LogP contribution in [-0.2, 0) is 13.6 Å². The lowest BCUT2D eigenvalue weighted by Crippen LogP contribution is -2.41. The molecular weight excluding hydrogens is 522 g/mol. The zero-order valence-electron chi connectivity index (χ0n) is 19.0. The molecule has 5 aromatic rings. The molecule has 0 fully saturated rings. The second kappa shape index (κ2) is 9.50. The van der Waals surface area contributed by atoms with Gasteiger partial charge in [-0.05, 0) is 35.9 Å². The number of pyridine rings is 1. The number of aryl methyl sites for hydroxylation is 1. The summed E-state index contributed by atoms with van der Waals surface area (Å²) < 4.78 is 17.5. The smallest absolute Gasteiger partial charge is 0.324 e. The average Bonchev–Trinajstić information content (AvgIpc) is 3.21. The Hall–Kier alpha value is -4.53. The van der Waals surface area contributed by atoms with Crippen molar-refractivity contribution in [2.75, 3.05) is 5.32 Å². The molecule has 0 saturated carbocycles. The molecule has 0 amide bonds. The van der Waals surface area contributed by atoms with Crippen molar-refractivity contribution in [3.8, 4) is 11.8 Å². The molecule has 0 spiro atoms. The SMILES string of the molecule is Cn1cc2cc(Nc3nc(=O)n(-c4cncc(Cl)c4)c(=O)n3Cc3ccc(F)c(C#N)c3)c(Cl)cc2n1. The number of hydrogen-bond donors (Lipinski definition) is 1. The number of fused-ring (bicyclic) bond motifs is 1. The standard InChI is InChI=1S/C24H15Cl2FN8O2/c1-33-12-15-5-21(18(26)7-20(15)32-33)30-22-31-23(36)35(17-6-16(25)9-29-10-17)24(37)34(22)11-13-2-3-19(27)14(4-13)8-28/h2-7,9-10,12H,11H2,1H3,(H,30,31,36). The van der Waals surface area contributed by atoms with Crippen molar-refractivity contribution in [3.63, 3.8) is 0 Å². The Morgan fingerprint density at radius 3 is 2.70 bits per heavy atom. The normalized spacial score (nSPS) is 11.0. The summed E-state index contributed by atoms with van der Waals surface area (Å²) in [5, 5.41) is 17.7. The minimum Gasteiger partial charge on any atom is -0.324 e. The van der Waals surface area contributed by atoms with E-state index < -0.39 is 17.2 Å². The van der Waals surface area contributed by atoms with Crippen LogP contribution in [0.4, 0.5) is 16.0 Å². The molecule has 37 heavy (non-hydrogen) atoms. The largest absolute Gasteiger partial charge is 0.359 e. The van der Waals surface area contributed by atoms with E-state index in [9.17, 15) is 19.2 Å². The van der Waals surface area contributed by atoms with Crippen molar-refractivity contribution in [1.82, 2.24) is 28.9 Å². The van der Waals surface area contributed by atoms with Crippen molar-refractivity contribution in [1.29, 1.82) is 5.26 Å². The molecule has 1 N–H and O–H groups in total. The van der Waals surface area contributed by atoms with Gasteiger partial charge in [0.25, 0.3) is 0 Å².